The maximum Gasteiger partial charge on any atom is 0.407 e. The standard InChI is InChI=1S/C19H24N2O3/c1-13(20-18(23)24-19(2,3)4)12-17(22)21-16-11-7-9-14-8-5-6-10-15(14)16/h5-11,13H,12H2,1-4H3,(H,20,23)(H,21,22)/t13-/m0/s1. The third-order valence-electron chi connectivity index (χ3n) is 3.32. The van der Waals surface area contributed by atoms with E-state index in [0.29, 0.717) is 0 Å². The van der Waals surface area contributed by atoms with Crippen molar-refractivity contribution in [1.29, 1.82) is 0 Å². The van der Waals surface area contributed by atoms with E-state index in [4.69, 9.17) is 4.74 Å². The lowest BCUT2D eigenvalue weighted by Crippen LogP contribution is -2.39. The fourth-order valence-corrected chi connectivity index (χ4v) is 2.37. The minimum atomic E-state index is -0.560. The third-order valence-corrected chi connectivity index (χ3v) is 3.32. The molecule has 0 aliphatic rings. The second kappa shape index (κ2) is 7.34. The van der Waals surface area contributed by atoms with Gasteiger partial charge in [0.1, 0.15) is 5.60 Å². The number of carbonyl (C=O) groups excluding carboxylic acids is 2. The molecule has 0 aliphatic carbocycles. The molecule has 0 aliphatic heterocycles. The number of hydrogen-bond acceptors (Lipinski definition) is 3. The van der Waals surface area contributed by atoms with Gasteiger partial charge in [0, 0.05) is 23.5 Å². The number of carbonyl (C=O) groups is 2. The molecule has 0 radical (unpaired) electrons. The topological polar surface area (TPSA) is 67.4 Å². The van der Waals surface area contributed by atoms with Crippen LogP contribution in [0.1, 0.15) is 34.1 Å². The van der Waals surface area contributed by atoms with E-state index in [2.05, 4.69) is 10.6 Å². The number of rotatable bonds is 4. The number of alkyl carbamates (subject to hydrolysis) is 1. The van der Waals surface area contributed by atoms with E-state index < -0.39 is 11.7 Å². The molecule has 2 aromatic rings. The Morgan fingerprint density at radius 2 is 1.75 bits per heavy atom. The molecule has 128 valence electrons. The molecule has 5 nitrogen and oxygen atoms in total. The first-order valence-corrected chi connectivity index (χ1v) is 8.02. The Morgan fingerprint density at radius 1 is 1.08 bits per heavy atom. The van der Waals surface area contributed by atoms with Crippen LogP contribution in [0.25, 0.3) is 10.8 Å². The zero-order chi connectivity index (χ0) is 17.7. The highest BCUT2D eigenvalue weighted by molar-refractivity contribution is 6.02. The van der Waals surface area contributed by atoms with Crippen LogP contribution in [0.5, 0.6) is 0 Å². The smallest absolute Gasteiger partial charge is 0.407 e. The van der Waals surface area contributed by atoms with E-state index >= 15 is 0 Å². The summed E-state index contributed by atoms with van der Waals surface area (Å²) < 4.78 is 5.18. The highest BCUT2D eigenvalue weighted by Crippen LogP contribution is 2.23. The largest absolute Gasteiger partial charge is 0.444 e. The minimum absolute atomic E-state index is 0.157. The Bertz CT molecular complexity index is 729. The lowest BCUT2D eigenvalue weighted by molar-refractivity contribution is -0.116. The molecule has 0 bridgehead atoms. The van der Waals surface area contributed by atoms with E-state index in [1.165, 1.54) is 0 Å². The van der Waals surface area contributed by atoms with Crippen molar-refractivity contribution in [2.75, 3.05) is 5.32 Å². The molecule has 0 aromatic heterocycles. The van der Waals surface area contributed by atoms with Gasteiger partial charge in [0.05, 0.1) is 0 Å². The van der Waals surface area contributed by atoms with Crippen LogP contribution in [-0.4, -0.2) is 23.6 Å². The van der Waals surface area contributed by atoms with Crippen LogP contribution < -0.4 is 10.6 Å². The predicted octanol–water partition coefficient (Wildman–Crippen LogP) is 4.08. The Hall–Kier alpha value is -2.56. The SMILES string of the molecule is C[C@@H](CC(=O)Nc1cccc2ccccc12)NC(=O)OC(C)(C)C. The zero-order valence-electron chi connectivity index (χ0n) is 14.6. The summed E-state index contributed by atoms with van der Waals surface area (Å²) in [5, 5.41) is 7.63. The Balaban J connectivity index is 1.94. The van der Waals surface area contributed by atoms with Gasteiger partial charge in [0.15, 0.2) is 0 Å². The molecule has 0 unspecified atom stereocenters. The van der Waals surface area contributed by atoms with Gasteiger partial charge in [-0.05, 0) is 39.1 Å². The predicted molar refractivity (Wildman–Crippen MR) is 96.0 cm³/mol. The quantitative estimate of drug-likeness (QED) is 0.888. The normalized spacial score (nSPS) is 12.5. The van der Waals surface area contributed by atoms with Crippen molar-refractivity contribution in [3.05, 3.63) is 42.5 Å². The fourth-order valence-electron chi connectivity index (χ4n) is 2.37. The number of nitrogens with one attached hydrogen (secondary N) is 2. The van der Waals surface area contributed by atoms with E-state index in [1.54, 1.807) is 27.7 Å². The second-order valence-corrected chi connectivity index (χ2v) is 6.83. The molecular formula is C19H24N2O3. The van der Waals surface area contributed by atoms with Crippen molar-refractivity contribution in [2.45, 2.75) is 45.8 Å². The monoisotopic (exact) mass is 328 g/mol. The van der Waals surface area contributed by atoms with Crippen molar-refractivity contribution in [3.8, 4) is 0 Å². The summed E-state index contributed by atoms with van der Waals surface area (Å²) in [6.07, 6.45) is -0.351. The maximum atomic E-state index is 12.2. The van der Waals surface area contributed by atoms with Gasteiger partial charge in [-0.1, -0.05) is 36.4 Å². The molecule has 2 rings (SSSR count). The van der Waals surface area contributed by atoms with Crippen molar-refractivity contribution < 1.29 is 14.3 Å². The average Bonchev–Trinajstić information content (AvgIpc) is 2.45. The van der Waals surface area contributed by atoms with Crippen molar-refractivity contribution in [3.63, 3.8) is 0 Å². The number of hydrogen-bond donors (Lipinski definition) is 2. The van der Waals surface area contributed by atoms with Gasteiger partial charge in [-0.15, -0.1) is 0 Å². The van der Waals surface area contributed by atoms with Crippen LogP contribution in [0, 0.1) is 0 Å². The summed E-state index contributed by atoms with van der Waals surface area (Å²) in [5.41, 5.74) is 0.206. The zero-order valence-corrected chi connectivity index (χ0v) is 14.6. The number of anilines is 1. The lowest BCUT2D eigenvalue weighted by atomic mass is 10.1. The van der Waals surface area contributed by atoms with Crippen molar-refractivity contribution >= 4 is 28.5 Å². The highest BCUT2D eigenvalue weighted by Gasteiger charge is 2.19. The summed E-state index contributed by atoms with van der Waals surface area (Å²) in [6.45, 7) is 7.16. The molecule has 2 aromatic carbocycles. The van der Waals surface area contributed by atoms with Crippen molar-refractivity contribution in [1.82, 2.24) is 5.32 Å². The molecule has 2 N–H and O–H groups in total. The van der Waals surface area contributed by atoms with Gasteiger partial charge in [-0.2, -0.15) is 0 Å². The Kier molecular flexibility index (Phi) is 5.44. The van der Waals surface area contributed by atoms with E-state index in [0.717, 1.165) is 16.5 Å². The molecule has 24 heavy (non-hydrogen) atoms. The molecule has 0 fully saturated rings. The molecule has 5 heteroatoms. The van der Waals surface area contributed by atoms with E-state index in [9.17, 15) is 9.59 Å². The summed E-state index contributed by atoms with van der Waals surface area (Å²) in [6, 6.07) is 13.3. The van der Waals surface area contributed by atoms with Crippen LogP contribution in [0.2, 0.25) is 0 Å². The molecule has 1 atom stereocenters. The van der Waals surface area contributed by atoms with Crippen LogP contribution in [0.3, 0.4) is 0 Å². The van der Waals surface area contributed by atoms with Gasteiger partial charge >= 0.3 is 6.09 Å². The first-order valence-electron chi connectivity index (χ1n) is 8.02. The van der Waals surface area contributed by atoms with Crippen LogP contribution in [0.4, 0.5) is 10.5 Å². The maximum absolute atomic E-state index is 12.2. The van der Waals surface area contributed by atoms with Gasteiger partial charge in [0.25, 0.3) is 0 Å². The van der Waals surface area contributed by atoms with E-state index in [1.807, 2.05) is 42.5 Å². The number of fused-ring (bicyclic) bond motifs is 1. The summed E-state index contributed by atoms with van der Waals surface area (Å²) in [4.78, 5) is 23.9. The summed E-state index contributed by atoms with van der Waals surface area (Å²) in [5.74, 6) is -0.157. The second-order valence-electron chi connectivity index (χ2n) is 6.83. The van der Waals surface area contributed by atoms with E-state index in [-0.39, 0.29) is 18.4 Å². The van der Waals surface area contributed by atoms with Gasteiger partial charge in [-0.25, -0.2) is 4.79 Å². The summed E-state index contributed by atoms with van der Waals surface area (Å²) in [7, 11) is 0. The van der Waals surface area contributed by atoms with Gasteiger partial charge in [0.2, 0.25) is 5.91 Å². The Morgan fingerprint density at radius 3 is 2.46 bits per heavy atom. The summed E-state index contributed by atoms with van der Waals surface area (Å²) >= 11 is 0. The number of benzene rings is 2. The molecule has 0 saturated carbocycles. The average molecular weight is 328 g/mol. The third kappa shape index (κ3) is 5.26. The van der Waals surface area contributed by atoms with Crippen molar-refractivity contribution in [2.24, 2.45) is 0 Å². The molecule has 2 amide bonds. The molecular weight excluding hydrogens is 304 g/mol. The first-order chi connectivity index (χ1) is 11.2. The van der Waals surface area contributed by atoms with Gasteiger partial charge in [-0.3, -0.25) is 4.79 Å². The fraction of sp³-hybridized carbons (Fsp3) is 0.368. The van der Waals surface area contributed by atoms with Gasteiger partial charge < -0.3 is 15.4 Å². The lowest BCUT2D eigenvalue weighted by Gasteiger charge is -2.21. The first kappa shape index (κ1) is 17.8. The van der Waals surface area contributed by atoms with Crippen LogP contribution in [0.15, 0.2) is 42.5 Å². The van der Waals surface area contributed by atoms with Crippen LogP contribution in [-0.2, 0) is 9.53 Å². The molecule has 0 saturated heterocycles. The Labute approximate surface area is 142 Å². The molecule has 0 spiro atoms. The molecule has 0 heterocycles. The number of ether oxygens (including phenoxy) is 1. The minimum Gasteiger partial charge on any atom is -0.444 e. The number of amides is 2. The highest BCUT2D eigenvalue weighted by atomic mass is 16.6. The van der Waals surface area contributed by atoms with Crippen LogP contribution >= 0.6 is 0 Å².